The number of hydrogen-bond acceptors (Lipinski definition) is 3. The quantitative estimate of drug-likeness (QED) is 0.862. The van der Waals surface area contributed by atoms with E-state index in [0.29, 0.717) is 6.42 Å². The maximum Gasteiger partial charge on any atom is 0.0932 e. The molecule has 0 saturated carbocycles. The first-order valence-electron chi connectivity index (χ1n) is 5.86. The van der Waals surface area contributed by atoms with Gasteiger partial charge in [-0.1, -0.05) is 39.0 Å². The molecule has 0 fully saturated rings. The lowest BCUT2D eigenvalue weighted by atomic mass is 9.85. The molecule has 1 aromatic heterocycles. The normalized spacial score (nSPS) is 13.9. The summed E-state index contributed by atoms with van der Waals surface area (Å²) in [4.78, 5) is 0. The van der Waals surface area contributed by atoms with Gasteiger partial charge < -0.3 is 5.11 Å². The Balaban J connectivity index is 2.36. The standard InChI is InChI=1S/C14H18N2O/c1-14(2,3)13(17)8-10-9-15-16-12-7-5-4-6-11(10)12/h4-7,9,13,17H,8H2,1-3H3. The molecule has 0 aliphatic heterocycles. The van der Waals surface area contributed by atoms with Crippen molar-refractivity contribution in [2.24, 2.45) is 5.41 Å². The number of rotatable bonds is 2. The minimum absolute atomic E-state index is 0.121. The number of aliphatic hydroxyl groups excluding tert-OH is 1. The molecule has 0 aliphatic carbocycles. The van der Waals surface area contributed by atoms with Gasteiger partial charge >= 0.3 is 0 Å². The Kier molecular flexibility index (Phi) is 3.11. The SMILES string of the molecule is CC(C)(C)C(O)Cc1cnnc2ccccc12. The van der Waals surface area contributed by atoms with E-state index in [4.69, 9.17) is 0 Å². The van der Waals surface area contributed by atoms with E-state index >= 15 is 0 Å². The molecular formula is C14H18N2O. The fourth-order valence-corrected chi connectivity index (χ4v) is 1.74. The van der Waals surface area contributed by atoms with Gasteiger partial charge in [-0.2, -0.15) is 10.2 Å². The summed E-state index contributed by atoms with van der Waals surface area (Å²) in [7, 11) is 0. The Labute approximate surface area is 102 Å². The van der Waals surface area contributed by atoms with E-state index in [1.165, 1.54) is 0 Å². The first-order chi connectivity index (χ1) is 7.98. The van der Waals surface area contributed by atoms with Crippen LogP contribution < -0.4 is 0 Å². The Morgan fingerprint density at radius 1 is 1.24 bits per heavy atom. The lowest BCUT2D eigenvalue weighted by Crippen LogP contribution is -2.28. The zero-order valence-electron chi connectivity index (χ0n) is 10.5. The smallest absolute Gasteiger partial charge is 0.0932 e. The van der Waals surface area contributed by atoms with Crippen LogP contribution in [0, 0.1) is 5.41 Å². The average Bonchev–Trinajstić information content (AvgIpc) is 2.28. The molecule has 0 amide bonds. The molecular weight excluding hydrogens is 212 g/mol. The molecule has 17 heavy (non-hydrogen) atoms. The highest BCUT2D eigenvalue weighted by Gasteiger charge is 2.23. The van der Waals surface area contributed by atoms with Crippen LogP contribution in [0.1, 0.15) is 26.3 Å². The van der Waals surface area contributed by atoms with Gasteiger partial charge in [-0.25, -0.2) is 0 Å². The van der Waals surface area contributed by atoms with Gasteiger partial charge in [0.15, 0.2) is 0 Å². The van der Waals surface area contributed by atoms with Gasteiger partial charge in [0, 0.05) is 11.8 Å². The van der Waals surface area contributed by atoms with Gasteiger partial charge in [-0.3, -0.25) is 0 Å². The van der Waals surface area contributed by atoms with Gasteiger partial charge in [-0.05, 0) is 17.0 Å². The fraction of sp³-hybridized carbons (Fsp3) is 0.429. The van der Waals surface area contributed by atoms with Crippen LogP contribution in [0.3, 0.4) is 0 Å². The second-order valence-electron chi connectivity index (χ2n) is 5.47. The summed E-state index contributed by atoms with van der Waals surface area (Å²) in [6.07, 6.45) is 1.98. The molecule has 2 aromatic rings. The lowest BCUT2D eigenvalue weighted by Gasteiger charge is -2.26. The molecule has 90 valence electrons. The van der Waals surface area contributed by atoms with Gasteiger partial charge in [0.05, 0.1) is 17.8 Å². The van der Waals surface area contributed by atoms with Crippen LogP contribution in [0.25, 0.3) is 10.9 Å². The lowest BCUT2D eigenvalue weighted by molar-refractivity contribution is 0.0638. The zero-order chi connectivity index (χ0) is 12.5. The van der Waals surface area contributed by atoms with Crippen molar-refractivity contribution < 1.29 is 5.11 Å². The van der Waals surface area contributed by atoms with Crippen molar-refractivity contribution in [3.05, 3.63) is 36.0 Å². The highest BCUT2D eigenvalue weighted by Crippen LogP contribution is 2.24. The van der Waals surface area contributed by atoms with E-state index in [0.717, 1.165) is 16.5 Å². The summed E-state index contributed by atoms with van der Waals surface area (Å²) in [5, 5.41) is 19.3. The first-order valence-corrected chi connectivity index (χ1v) is 5.86. The van der Waals surface area contributed by atoms with Crippen LogP contribution >= 0.6 is 0 Å². The van der Waals surface area contributed by atoms with Crippen LogP contribution in [0.2, 0.25) is 0 Å². The van der Waals surface area contributed by atoms with Crippen molar-refractivity contribution in [3.8, 4) is 0 Å². The van der Waals surface area contributed by atoms with Crippen molar-refractivity contribution >= 4 is 10.9 Å². The molecule has 0 radical (unpaired) electrons. The van der Waals surface area contributed by atoms with Crippen molar-refractivity contribution in [1.29, 1.82) is 0 Å². The third kappa shape index (κ3) is 2.61. The van der Waals surface area contributed by atoms with E-state index in [1.807, 2.05) is 45.0 Å². The molecule has 1 aromatic carbocycles. The Hall–Kier alpha value is -1.48. The van der Waals surface area contributed by atoms with Crippen LogP contribution in [0.4, 0.5) is 0 Å². The summed E-state index contributed by atoms with van der Waals surface area (Å²) in [5.41, 5.74) is 1.81. The predicted molar refractivity (Wildman–Crippen MR) is 68.7 cm³/mol. The van der Waals surface area contributed by atoms with Crippen molar-refractivity contribution in [3.63, 3.8) is 0 Å². The van der Waals surface area contributed by atoms with Crippen LogP contribution in [-0.4, -0.2) is 21.4 Å². The van der Waals surface area contributed by atoms with Gasteiger partial charge in [0.2, 0.25) is 0 Å². The van der Waals surface area contributed by atoms with Gasteiger partial charge in [-0.15, -0.1) is 0 Å². The van der Waals surface area contributed by atoms with Crippen molar-refractivity contribution in [1.82, 2.24) is 10.2 Å². The van der Waals surface area contributed by atoms with Gasteiger partial charge in [0.25, 0.3) is 0 Å². The molecule has 0 aliphatic rings. The average molecular weight is 230 g/mol. The molecule has 1 atom stereocenters. The monoisotopic (exact) mass is 230 g/mol. The first kappa shape index (κ1) is 12.0. The summed E-state index contributed by atoms with van der Waals surface area (Å²) >= 11 is 0. The number of aliphatic hydroxyl groups is 1. The van der Waals surface area contributed by atoms with Crippen LogP contribution in [0.15, 0.2) is 30.5 Å². The maximum atomic E-state index is 10.2. The summed E-state index contributed by atoms with van der Waals surface area (Å²) in [6, 6.07) is 7.89. The number of aromatic nitrogens is 2. The highest BCUT2D eigenvalue weighted by atomic mass is 16.3. The fourth-order valence-electron chi connectivity index (χ4n) is 1.74. The molecule has 3 heteroatoms. The third-order valence-corrected chi connectivity index (χ3v) is 3.04. The third-order valence-electron chi connectivity index (χ3n) is 3.04. The Morgan fingerprint density at radius 3 is 2.65 bits per heavy atom. The molecule has 1 N–H and O–H groups in total. The summed E-state index contributed by atoms with van der Waals surface area (Å²) < 4.78 is 0. The van der Waals surface area contributed by atoms with Crippen LogP contribution in [0.5, 0.6) is 0 Å². The molecule has 1 unspecified atom stereocenters. The molecule has 3 nitrogen and oxygen atoms in total. The highest BCUT2D eigenvalue weighted by molar-refractivity contribution is 5.81. The summed E-state index contributed by atoms with van der Waals surface area (Å²) in [6.45, 7) is 6.11. The van der Waals surface area contributed by atoms with Crippen LogP contribution in [-0.2, 0) is 6.42 Å². The largest absolute Gasteiger partial charge is 0.392 e. The van der Waals surface area contributed by atoms with E-state index in [2.05, 4.69) is 10.2 Å². The van der Waals surface area contributed by atoms with E-state index in [-0.39, 0.29) is 11.5 Å². The number of nitrogens with zero attached hydrogens (tertiary/aromatic N) is 2. The summed E-state index contributed by atoms with van der Waals surface area (Å²) in [5.74, 6) is 0. The molecule has 0 bridgehead atoms. The van der Waals surface area contributed by atoms with E-state index in [9.17, 15) is 5.11 Å². The van der Waals surface area contributed by atoms with E-state index in [1.54, 1.807) is 6.20 Å². The van der Waals surface area contributed by atoms with Crippen molar-refractivity contribution in [2.45, 2.75) is 33.3 Å². The van der Waals surface area contributed by atoms with Crippen molar-refractivity contribution in [2.75, 3.05) is 0 Å². The second-order valence-corrected chi connectivity index (χ2v) is 5.47. The zero-order valence-corrected chi connectivity index (χ0v) is 10.5. The minimum Gasteiger partial charge on any atom is -0.392 e. The Bertz CT molecular complexity index is 512. The second kappa shape index (κ2) is 4.41. The van der Waals surface area contributed by atoms with E-state index < -0.39 is 0 Å². The molecule has 0 spiro atoms. The minimum atomic E-state index is -0.380. The number of benzene rings is 1. The molecule has 2 rings (SSSR count). The number of hydrogen-bond donors (Lipinski definition) is 1. The Morgan fingerprint density at radius 2 is 1.94 bits per heavy atom. The molecule has 1 heterocycles. The molecule has 0 saturated heterocycles. The van der Waals surface area contributed by atoms with Gasteiger partial charge in [0.1, 0.15) is 0 Å². The number of fused-ring (bicyclic) bond motifs is 1. The topological polar surface area (TPSA) is 46.0 Å². The predicted octanol–water partition coefficient (Wildman–Crippen LogP) is 2.58. The maximum absolute atomic E-state index is 10.2.